The zero-order valence-corrected chi connectivity index (χ0v) is 17.7. The van der Waals surface area contributed by atoms with Gasteiger partial charge in [0.15, 0.2) is 0 Å². The minimum atomic E-state index is -3.40. The van der Waals surface area contributed by atoms with E-state index in [1.165, 1.54) is 26.1 Å². The number of ether oxygens (including phenoxy) is 1. The van der Waals surface area contributed by atoms with E-state index in [0.29, 0.717) is 18.0 Å². The first-order valence-corrected chi connectivity index (χ1v) is 11.7. The number of hydrogen-bond acceptors (Lipinski definition) is 5. The van der Waals surface area contributed by atoms with Crippen LogP contribution in [0.3, 0.4) is 0 Å². The molecule has 8 heteroatoms. The normalized spacial score (nSPS) is 21.7. The number of amides is 1. The van der Waals surface area contributed by atoms with Crippen molar-refractivity contribution < 1.29 is 17.9 Å². The van der Waals surface area contributed by atoms with Gasteiger partial charge in [0.1, 0.15) is 0 Å². The summed E-state index contributed by atoms with van der Waals surface area (Å²) in [6, 6.07) is 1.94. The van der Waals surface area contributed by atoms with Crippen molar-refractivity contribution in [2.45, 2.75) is 59.2 Å². The Kier molecular flexibility index (Phi) is 7.63. The molecule has 0 radical (unpaired) electrons. The van der Waals surface area contributed by atoms with E-state index in [-0.39, 0.29) is 30.4 Å². The number of nitrogens with zero attached hydrogens (tertiary/aromatic N) is 1. The zero-order valence-electron chi connectivity index (χ0n) is 16.1. The Bertz CT molecular complexity index is 705. The summed E-state index contributed by atoms with van der Waals surface area (Å²) in [7, 11) is -3.40. The SMILES string of the molecule is CCCc1sc(C(=O)NCCS(=O)(=O)N2CC(C)OC(C)C2)cc1CC. The van der Waals surface area contributed by atoms with Crippen LogP contribution < -0.4 is 5.32 Å². The first-order valence-electron chi connectivity index (χ1n) is 9.29. The Balaban J connectivity index is 1.91. The molecule has 0 spiro atoms. The monoisotopic (exact) mass is 402 g/mol. The maximum Gasteiger partial charge on any atom is 0.261 e. The van der Waals surface area contributed by atoms with Crippen molar-refractivity contribution in [2.75, 3.05) is 25.4 Å². The summed E-state index contributed by atoms with van der Waals surface area (Å²) in [5.41, 5.74) is 1.21. The molecule has 2 unspecified atom stereocenters. The number of carbonyl (C=O) groups excluding carboxylic acids is 1. The summed E-state index contributed by atoms with van der Waals surface area (Å²) in [5, 5.41) is 2.76. The molecule has 1 N–H and O–H groups in total. The van der Waals surface area contributed by atoms with Crippen molar-refractivity contribution in [3.63, 3.8) is 0 Å². The van der Waals surface area contributed by atoms with Crippen molar-refractivity contribution in [1.29, 1.82) is 0 Å². The fourth-order valence-electron chi connectivity index (χ4n) is 3.18. The predicted octanol–water partition coefficient (Wildman–Crippen LogP) is 2.43. The maximum absolute atomic E-state index is 12.5. The van der Waals surface area contributed by atoms with Gasteiger partial charge in [-0.25, -0.2) is 8.42 Å². The van der Waals surface area contributed by atoms with Crippen LogP contribution in [0, 0.1) is 0 Å². The summed E-state index contributed by atoms with van der Waals surface area (Å²) in [6.07, 6.45) is 2.70. The average molecular weight is 403 g/mol. The molecule has 1 fully saturated rings. The first-order chi connectivity index (χ1) is 12.3. The van der Waals surface area contributed by atoms with Gasteiger partial charge in [0.05, 0.1) is 22.8 Å². The molecular formula is C18H30N2O4S2. The number of nitrogens with one attached hydrogen (secondary N) is 1. The van der Waals surface area contributed by atoms with Gasteiger partial charge in [0, 0.05) is 24.5 Å². The molecule has 6 nitrogen and oxygen atoms in total. The van der Waals surface area contributed by atoms with Gasteiger partial charge in [-0.15, -0.1) is 11.3 Å². The Labute approximate surface area is 161 Å². The zero-order chi connectivity index (χ0) is 19.3. The van der Waals surface area contributed by atoms with Crippen LogP contribution in [0.2, 0.25) is 0 Å². The van der Waals surface area contributed by atoms with Crippen LogP contribution in [0.5, 0.6) is 0 Å². The summed E-state index contributed by atoms with van der Waals surface area (Å²) in [5.74, 6) is -0.280. The first kappa shape index (κ1) is 21.3. The standard InChI is InChI=1S/C18H30N2O4S2/c1-5-7-16-15(6-2)10-17(25-16)18(21)19-8-9-26(22,23)20-11-13(3)24-14(4)12-20/h10,13-14H,5-9,11-12H2,1-4H3,(H,19,21). The number of aryl methyl sites for hydroxylation is 2. The van der Waals surface area contributed by atoms with E-state index in [4.69, 9.17) is 4.74 Å². The van der Waals surface area contributed by atoms with Gasteiger partial charge >= 0.3 is 0 Å². The highest BCUT2D eigenvalue weighted by Gasteiger charge is 2.30. The molecule has 1 aromatic heterocycles. The lowest BCUT2D eigenvalue weighted by Crippen LogP contribution is -2.49. The quantitative estimate of drug-likeness (QED) is 0.725. The molecule has 0 aromatic carbocycles. The Morgan fingerprint density at radius 3 is 2.54 bits per heavy atom. The van der Waals surface area contributed by atoms with Crippen LogP contribution in [0.15, 0.2) is 6.07 Å². The lowest BCUT2D eigenvalue weighted by atomic mass is 10.1. The fraction of sp³-hybridized carbons (Fsp3) is 0.722. The molecule has 0 saturated carbocycles. The van der Waals surface area contributed by atoms with Crippen molar-refractivity contribution in [1.82, 2.24) is 9.62 Å². The highest BCUT2D eigenvalue weighted by molar-refractivity contribution is 7.89. The molecule has 2 heterocycles. The Morgan fingerprint density at radius 1 is 1.31 bits per heavy atom. The van der Waals surface area contributed by atoms with E-state index < -0.39 is 10.0 Å². The summed E-state index contributed by atoms with van der Waals surface area (Å²) in [6.45, 7) is 8.80. The number of hydrogen-bond donors (Lipinski definition) is 1. The number of sulfonamides is 1. The van der Waals surface area contributed by atoms with E-state index in [1.54, 1.807) is 0 Å². The van der Waals surface area contributed by atoms with Crippen LogP contribution in [-0.4, -0.2) is 56.2 Å². The smallest absolute Gasteiger partial charge is 0.261 e. The number of morpholine rings is 1. The highest BCUT2D eigenvalue weighted by atomic mass is 32.2. The molecule has 2 rings (SSSR count). The molecule has 148 valence electrons. The van der Waals surface area contributed by atoms with E-state index in [0.717, 1.165) is 19.3 Å². The number of rotatable bonds is 8. The fourth-order valence-corrected chi connectivity index (χ4v) is 5.95. The van der Waals surface area contributed by atoms with E-state index in [2.05, 4.69) is 19.2 Å². The lowest BCUT2D eigenvalue weighted by molar-refractivity contribution is -0.0440. The highest BCUT2D eigenvalue weighted by Crippen LogP contribution is 2.24. The number of thiophene rings is 1. The second-order valence-electron chi connectivity index (χ2n) is 6.81. The molecular weight excluding hydrogens is 372 g/mol. The van der Waals surface area contributed by atoms with Crippen molar-refractivity contribution in [3.05, 3.63) is 21.4 Å². The molecule has 1 aromatic rings. The average Bonchev–Trinajstić information content (AvgIpc) is 2.97. The van der Waals surface area contributed by atoms with Gasteiger partial charge in [-0.1, -0.05) is 20.3 Å². The van der Waals surface area contributed by atoms with Crippen LogP contribution in [0.4, 0.5) is 0 Å². The number of carbonyl (C=O) groups is 1. The van der Waals surface area contributed by atoms with Crippen LogP contribution in [0.1, 0.15) is 54.2 Å². The Hall–Kier alpha value is -0.960. The van der Waals surface area contributed by atoms with Gasteiger partial charge in [-0.05, 0) is 38.3 Å². The van der Waals surface area contributed by atoms with Gasteiger partial charge in [-0.3, -0.25) is 4.79 Å². The van der Waals surface area contributed by atoms with Crippen LogP contribution in [0.25, 0.3) is 0 Å². The molecule has 1 amide bonds. The van der Waals surface area contributed by atoms with Crippen molar-refractivity contribution >= 4 is 27.3 Å². The summed E-state index contributed by atoms with van der Waals surface area (Å²) < 4.78 is 32.1. The predicted molar refractivity (Wildman–Crippen MR) is 105 cm³/mol. The molecule has 1 aliphatic rings. The maximum atomic E-state index is 12.5. The second-order valence-corrected chi connectivity index (χ2v) is 10.0. The third-order valence-electron chi connectivity index (χ3n) is 4.40. The van der Waals surface area contributed by atoms with E-state index in [1.807, 2.05) is 19.9 Å². The summed E-state index contributed by atoms with van der Waals surface area (Å²) in [4.78, 5) is 14.3. The molecule has 2 atom stereocenters. The third kappa shape index (κ3) is 5.52. The molecule has 1 aliphatic heterocycles. The van der Waals surface area contributed by atoms with Crippen molar-refractivity contribution in [2.24, 2.45) is 0 Å². The Morgan fingerprint density at radius 2 is 1.96 bits per heavy atom. The van der Waals surface area contributed by atoms with Gasteiger partial charge in [-0.2, -0.15) is 4.31 Å². The lowest BCUT2D eigenvalue weighted by Gasteiger charge is -2.34. The van der Waals surface area contributed by atoms with Gasteiger partial charge in [0.25, 0.3) is 5.91 Å². The molecule has 0 bridgehead atoms. The topological polar surface area (TPSA) is 75.7 Å². The van der Waals surface area contributed by atoms with Crippen molar-refractivity contribution in [3.8, 4) is 0 Å². The molecule has 26 heavy (non-hydrogen) atoms. The minimum Gasteiger partial charge on any atom is -0.373 e. The van der Waals surface area contributed by atoms with Gasteiger partial charge in [0.2, 0.25) is 10.0 Å². The van der Waals surface area contributed by atoms with E-state index in [9.17, 15) is 13.2 Å². The molecule has 1 saturated heterocycles. The largest absolute Gasteiger partial charge is 0.373 e. The third-order valence-corrected chi connectivity index (χ3v) is 7.44. The van der Waals surface area contributed by atoms with E-state index >= 15 is 0 Å². The minimum absolute atomic E-state index is 0.0913. The second kappa shape index (κ2) is 9.30. The van der Waals surface area contributed by atoms with Gasteiger partial charge < -0.3 is 10.1 Å². The van der Waals surface area contributed by atoms with Crippen LogP contribution in [-0.2, 0) is 27.6 Å². The van der Waals surface area contributed by atoms with Crippen LogP contribution >= 0.6 is 11.3 Å². The molecule has 0 aliphatic carbocycles. The summed E-state index contributed by atoms with van der Waals surface area (Å²) >= 11 is 1.51.